The zero-order valence-corrected chi connectivity index (χ0v) is 14.0. The summed E-state index contributed by atoms with van der Waals surface area (Å²) in [5.41, 5.74) is 2.03. The van der Waals surface area contributed by atoms with E-state index in [9.17, 15) is 9.59 Å². The molecule has 1 rings (SSSR count). The van der Waals surface area contributed by atoms with Gasteiger partial charge < -0.3 is 10.4 Å². The van der Waals surface area contributed by atoms with E-state index < -0.39 is 11.9 Å². The highest BCUT2D eigenvalue weighted by Crippen LogP contribution is 2.23. The molecular formula is C17H26N2O3. The van der Waals surface area contributed by atoms with Crippen LogP contribution in [0, 0.1) is 5.92 Å². The Hall–Kier alpha value is -1.88. The summed E-state index contributed by atoms with van der Waals surface area (Å²) in [5.74, 6) is -1.50. The van der Waals surface area contributed by atoms with E-state index in [4.69, 9.17) is 5.11 Å². The molecule has 0 bridgehead atoms. The van der Waals surface area contributed by atoms with Crippen LogP contribution in [-0.4, -0.2) is 42.0 Å². The number of carbonyl (C=O) groups is 2. The van der Waals surface area contributed by atoms with Crippen LogP contribution in [0.5, 0.6) is 0 Å². The molecular weight excluding hydrogens is 280 g/mol. The van der Waals surface area contributed by atoms with Crippen LogP contribution in [-0.2, 0) is 15.0 Å². The number of amides is 1. The maximum absolute atomic E-state index is 12.0. The van der Waals surface area contributed by atoms with Crippen molar-refractivity contribution in [1.82, 2.24) is 4.90 Å². The van der Waals surface area contributed by atoms with E-state index in [2.05, 4.69) is 26.1 Å². The van der Waals surface area contributed by atoms with Gasteiger partial charge in [0.2, 0.25) is 5.91 Å². The lowest BCUT2D eigenvalue weighted by Crippen LogP contribution is -2.35. The van der Waals surface area contributed by atoms with Gasteiger partial charge in [-0.25, -0.2) is 0 Å². The SMILES string of the molecule is CC(CN(C)CC(=O)Nc1ccc(C(C)(C)C)cc1)C(=O)O. The fourth-order valence-electron chi connectivity index (χ4n) is 2.11. The molecule has 0 saturated heterocycles. The van der Waals surface area contributed by atoms with Crippen molar-refractivity contribution in [3.8, 4) is 0 Å². The van der Waals surface area contributed by atoms with Crippen LogP contribution in [0.1, 0.15) is 33.3 Å². The Balaban J connectivity index is 2.53. The highest BCUT2D eigenvalue weighted by Gasteiger charge is 2.16. The van der Waals surface area contributed by atoms with Crippen LogP contribution in [0.25, 0.3) is 0 Å². The van der Waals surface area contributed by atoms with Gasteiger partial charge in [0.1, 0.15) is 0 Å². The monoisotopic (exact) mass is 306 g/mol. The van der Waals surface area contributed by atoms with Crippen molar-refractivity contribution in [2.24, 2.45) is 5.92 Å². The van der Waals surface area contributed by atoms with E-state index in [1.807, 2.05) is 24.3 Å². The quantitative estimate of drug-likeness (QED) is 0.847. The molecule has 0 aliphatic heterocycles. The van der Waals surface area contributed by atoms with Crippen LogP contribution in [0.3, 0.4) is 0 Å². The molecule has 5 nitrogen and oxygen atoms in total. The predicted octanol–water partition coefficient (Wildman–Crippen LogP) is 2.58. The van der Waals surface area contributed by atoms with Gasteiger partial charge in [-0.1, -0.05) is 39.8 Å². The first-order valence-electron chi connectivity index (χ1n) is 7.41. The van der Waals surface area contributed by atoms with Crippen molar-refractivity contribution in [1.29, 1.82) is 0 Å². The number of aliphatic carboxylic acids is 1. The smallest absolute Gasteiger partial charge is 0.307 e. The Kier molecular flexibility index (Phi) is 6.11. The maximum atomic E-state index is 12.0. The van der Waals surface area contributed by atoms with Crippen molar-refractivity contribution in [2.75, 3.05) is 25.5 Å². The Morgan fingerprint density at radius 1 is 1.23 bits per heavy atom. The van der Waals surface area contributed by atoms with Gasteiger partial charge in [0.25, 0.3) is 0 Å². The van der Waals surface area contributed by atoms with Gasteiger partial charge in [0.05, 0.1) is 12.5 Å². The predicted molar refractivity (Wildman–Crippen MR) is 88.1 cm³/mol. The third-order valence-corrected chi connectivity index (χ3v) is 3.46. The fraction of sp³-hybridized carbons (Fsp3) is 0.529. The zero-order chi connectivity index (χ0) is 16.9. The fourth-order valence-corrected chi connectivity index (χ4v) is 2.11. The summed E-state index contributed by atoms with van der Waals surface area (Å²) >= 11 is 0. The summed E-state index contributed by atoms with van der Waals surface area (Å²) in [7, 11) is 1.74. The number of nitrogens with one attached hydrogen (secondary N) is 1. The summed E-state index contributed by atoms with van der Waals surface area (Å²) in [6.07, 6.45) is 0. The number of carbonyl (C=O) groups excluding carboxylic acids is 1. The number of hydrogen-bond acceptors (Lipinski definition) is 3. The molecule has 0 heterocycles. The van der Waals surface area contributed by atoms with Gasteiger partial charge in [-0.3, -0.25) is 14.5 Å². The molecule has 122 valence electrons. The largest absolute Gasteiger partial charge is 0.481 e. The molecule has 1 aromatic rings. The number of nitrogens with zero attached hydrogens (tertiary/aromatic N) is 1. The second-order valence-electron chi connectivity index (χ2n) is 6.81. The molecule has 0 aliphatic carbocycles. The first kappa shape index (κ1) is 18.2. The van der Waals surface area contributed by atoms with Crippen LogP contribution >= 0.6 is 0 Å². The number of benzene rings is 1. The van der Waals surface area contributed by atoms with Gasteiger partial charge in [0.15, 0.2) is 0 Å². The molecule has 0 radical (unpaired) electrons. The Morgan fingerprint density at radius 3 is 2.23 bits per heavy atom. The molecule has 1 amide bonds. The van der Waals surface area contributed by atoms with Gasteiger partial charge in [-0.15, -0.1) is 0 Å². The standard InChI is InChI=1S/C17H26N2O3/c1-12(16(21)22)10-19(5)11-15(20)18-14-8-6-13(7-9-14)17(2,3)4/h6-9,12H,10-11H2,1-5H3,(H,18,20)(H,21,22). The van der Waals surface area contributed by atoms with E-state index in [0.29, 0.717) is 6.54 Å². The average molecular weight is 306 g/mol. The lowest BCUT2D eigenvalue weighted by atomic mass is 9.87. The maximum Gasteiger partial charge on any atom is 0.307 e. The summed E-state index contributed by atoms with van der Waals surface area (Å²) < 4.78 is 0. The minimum absolute atomic E-state index is 0.0791. The van der Waals surface area contributed by atoms with Crippen molar-refractivity contribution >= 4 is 17.6 Å². The summed E-state index contributed by atoms with van der Waals surface area (Å²) in [5, 5.41) is 11.7. The molecule has 1 unspecified atom stereocenters. The topological polar surface area (TPSA) is 69.6 Å². The molecule has 2 N–H and O–H groups in total. The van der Waals surface area contributed by atoms with Gasteiger partial charge in [-0.05, 0) is 30.2 Å². The summed E-state index contributed by atoms with van der Waals surface area (Å²) in [6, 6.07) is 7.79. The number of rotatable bonds is 6. The van der Waals surface area contributed by atoms with Crippen molar-refractivity contribution in [2.45, 2.75) is 33.1 Å². The van der Waals surface area contributed by atoms with Crippen molar-refractivity contribution in [3.63, 3.8) is 0 Å². The van der Waals surface area contributed by atoms with E-state index in [-0.39, 0.29) is 17.9 Å². The highest BCUT2D eigenvalue weighted by molar-refractivity contribution is 5.92. The van der Waals surface area contributed by atoms with Crippen LogP contribution in [0.4, 0.5) is 5.69 Å². The molecule has 22 heavy (non-hydrogen) atoms. The molecule has 0 saturated carbocycles. The average Bonchev–Trinajstić information content (AvgIpc) is 2.37. The Morgan fingerprint density at radius 2 is 1.77 bits per heavy atom. The van der Waals surface area contributed by atoms with Crippen LogP contribution < -0.4 is 5.32 Å². The molecule has 0 spiro atoms. The molecule has 1 atom stereocenters. The van der Waals surface area contributed by atoms with E-state index in [1.165, 1.54) is 5.56 Å². The summed E-state index contributed by atoms with van der Waals surface area (Å²) in [6.45, 7) is 8.55. The molecule has 1 aromatic carbocycles. The molecule has 0 aliphatic rings. The first-order chi connectivity index (χ1) is 10.1. The Labute approximate surface area is 132 Å². The van der Waals surface area contributed by atoms with E-state index in [0.717, 1.165) is 5.69 Å². The number of anilines is 1. The Bertz CT molecular complexity index is 518. The zero-order valence-electron chi connectivity index (χ0n) is 14.0. The second-order valence-corrected chi connectivity index (χ2v) is 6.81. The third-order valence-electron chi connectivity index (χ3n) is 3.46. The third kappa shape index (κ3) is 5.85. The summed E-state index contributed by atoms with van der Waals surface area (Å²) in [4.78, 5) is 24.5. The molecule has 5 heteroatoms. The molecule has 0 fully saturated rings. The first-order valence-corrected chi connectivity index (χ1v) is 7.41. The van der Waals surface area contributed by atoms with Gasteiger partial charge >= 0.3 is 5.97 Å². The molecule has 0 aromatic heterocycles. The minimum atomic E-state index is -0.856. The number of carboxylic acids is 1. The van der Waals surface area contributed by atoms with E-state index in [1.54, 1.807) is 18.9 Å². The van der Waals surface area contributed by atoms with Gasteiger partial charge in [0, 0.05) is 12.2 Å². The number of likely N-dealkylation sites (N-methyl/N-ethyl adjacent to an activating group) is 1. The normalized spacial score (nSPS) is 13.0. The van der Waals surface area contributed by atoms with Gasteiger partial charge in [-0.2, -0.15) is 0 Å². The van der Waals surface area contributed by atoms with Crippen molar-refractivity contribution in [3.05, 3.63) is 29.8 Å². The lowest BCUT2D eigenvalue weighted by molar-refractivity contribution is -0.141. The minimum Gasteiger partial charge on any atom is -0.481 e. The lowest BCUT2D eigenvalue weighted by Gasteiger charge is -2.20. The van der Waals surface area contributed by atoms with Crippen LogP contribution in [0.2, 0.25) is 0 Å². The van der Waals surface area contributed by atoms with E-state index >= 15 is 0 Å². The van der Waals surface area contributed by atoms with Crippen molar-refractivity contribution < 1.29 is 14.7 Å². The van der Waals surface area contributed by atoms with Crippen LogP contribution in [0.15, 0.2) is 24.3 Å². The second kappa shape index (κ2) is 7.40. The number of carboxylic acid groups (broad SMARTS) is 1. The highest BCUT2D eigenvalue weighted by atomic mass is 16.4. The number of hydrogen-bond donors (Lipinski definition) is 2.